The Hall–Kier alpha value is -4.15. The third-order valence-corrected chi connectivity index (χ3v) is 4.86. The number of aromatic hydroxyl groups is 1. The van der Waals surface area contributed by atoms with Crippen LogP contribution in [0.2, 0.25) is 0 Å². The van der Waals surface area contributed by atoms with Crippen LogP contribution in [-0.2, 0) is 9.59 Å². The number of hydrazone groups is 1. The molecule has 11 nitrogen and oxygen atoms in total. The number of benzene rings is 2. The van der Waals surface area contributed by atoms with E-state index in [1.807, 2.05) is 0 Å². The van der Waals surface area contributed by atoms with Gasteiger partial charge < -0.3 is 19.9 Å². The minimum Gasteiger partial charge on any atom is -0.506 e. The monoisotopic (exact) mass is 472 g/mol. The van der Waals surface area contributed by atoms with Crippen LogP contribution >= 0.6 is 0 Å². The molecule has 0 heterocycles. The molecule has 2 aromatic rings. The Kier molecular flexibility index (Phi) is 10.3. The third-order valence-electron chi connectivity index (χ3n) is 4.86. The van der Waals surface area contributed by atoms with E-state index in [-0.39, 0.29) is 41.0 Å². The van der Waals surface area contributed by atoms with E-state index in [9.17, 15) is 24.8 Å². The van der Waals surface area contributed by atoms with Crippen molar-refractivity contribution in [2.75, 3.05) is 19.5 Å². The van der Waals surface area contributed by atoms with E-state index in [0.29, 0.717) is 30.7 Å². The molecule has 0 bridgehead atoms. The standard InChI is InChI=1S/C23H28N4O7/c1-33-20-13-16(18(27(31)32)14-21(20)34-2)15-24-26-23(30)12-6-4-3-5-11-22(29)25-17-9-7-8-10-19(17)28/h7-10,13-15,28H,3-6,11-12H2,1-2H3,(H,25,29)(H,26,30)/b24-15+. The van der Waals surface area contributed by atoms with Gasteiger partial charge in [-0.15, -0.1) is 0 Å². The van der Waals surface area contributed by atoms with E-state index in [1.54, 1.807) is 18.2 Å². The number of anilines is 1. The largest absolute Gasteiger partial charge is 0.506 e. The van der Waals surface area contributed by atoms with Crippen LogP contribution in [0.3, 0.4) is 0 Å². The molecule has 11 heteroatoms. The molecule has 2 aromatic carbocycles. The second-order valence-corrected chi connectivity index (χ2v) is 7.30. The lowest BCUT2D eigenvalue weighted by molar-refractivity contribution is -0.385. The quantitative estimate of drug-likeness (QED) is 0.132. The number of nitro groups is 1. The number of para-hydroxylation sites is 2. The predicted octanol–water partition coefficient (Wildman–Crippen LogP) is 3.75. The summed E-state index contributed by atoms with van der Waals surface area (Å²) in [7, 11) is 2.79. The number of hydrogen-bond donors (Lipinski definition) is 3. The molecule has 0 saturated carbocycles. The Bertz CT molecular complexity index is 1040. The van der Waals surface area contributed by atoms with Crippen LogP contribution in [0.15, 0.2) is 41.5 Å². The number of phenolic OH excluding ortho intramolecular Hbond substituents is 1. The first-order valence-electron chi connectivity index (χ1n) is 10.7. The summed E-state index contributed by atoms with van der Waals surface area (Å²) in [5.41, 5.74) is 2.65. The Morgan fingerprint density at radius 3 is 2.26 bits per heavy atom. The highest BCUT2D eigenvalue weighted by atomic mass is 16.6. The van der Waals surface area contributed by atoms with Crippen molar-refractivity contribution in [1.82, 2.24) is 5.43 Å². The first kappa shape index (κ1) is 26.1. The van der Waals surface area contributed by atoms with Crippen molar-refractivity contribution in [3.63, 3.8) is 0 Å². The van der Waals surface area contributed by atoms with Crippen LogP contribution in [0.25, 0.3) is 0 Å². The zero-order valence-electron chi connectivity index (χ0n) is 19.1. The summed E-state index contributed by atoms with van der Waals surface area (Å²) in [6.07, 6.45) is 4.51. The molecule has 0 radical (unpaired) electrons. The third kappa shape index (κ3) is 8.08. The maximum Gasteiger partial charge on any atom is 0.282 e. The number of carbonyl (C=O) groups excluding carboxylic acids is 2. The zero-order chi connectivity index (χ0) is 24.9. The van der Waals surface area contributed by atoms with Gasteiger partial charge in [-0.2, -0.15) is 5.10 Å². The summed E-state index contributed by atoms with van der Waals surface area (Å²) in [6.45, 7) is 0. The highest BCUT2D eigenvalue weighted by Crippen LogP contribution is 2.33. The number of rotatable bonds is 13. The van der Waals surface area contributed by atoms with Gasteiger partial charge in [-0.3, -0.25) is 19.7 Å². The molecule has 0 aromatic heterocycles. The number of nitrogens with zero attached hydrogens (tertiary/aromatic N) is 2. The summed E-state index contributed by atoms with van der Waals surface area (Å²) in [5.74, 6) is 0.0287. The Labute approximate surface area is 196 Å². The summed E-state index contributed by atoms with van der Waals surface area (Å²) in [4.78, 5) is 34.6. The Balaban J connectivity index is 1.70. The second-order valence-electron chi connectivity index (χ2n) is 7.30. The van der Waals surface area contributed by atoms with Gasteiger partial charge in [-0.1, -0.05) is 25.0 Å². The molecule has 0 aliphatic rings. The fourth-order valence-corrected chi connectivity index (χ4v) is 3.09. The van der Waals surface area contributed by atoms with Crippen LogP contribution in [0.5, 0.6) is 17.2 Å². The number of amides is 2. The van der Waals surface area contributed by atoms with Gasteiger partial charge in [0, 0.05) is 12.8 Å². The van der Waals surface area contributed by atoms with Crippen LogP contribution in [0, 0.1) is 10.1 Å². The van der Waals surface area contributed by atoms with Crippen molar-refractivity contribution in [2.45, 2.75) is 38.5 Å². The van der Waals surface area contributed by atoms with Crippen molar-refractivity contribution in [2.24, 2.45) is 5.10 Å². The normalized spacial score (nSPS) is 10.6. The van der Waals surface area contributed by atoms with Crippen molar-refractivity contribution < 1.29 is 29.1 Å². The van der Waals surface area contributed by atoms with Crippen molar-refractivity contribution in [1.29, 1.82) is 0 Å². The molecule has 0 aliphatic carbocycles. The number of carbonyl (C=O) groups is 2. The van der Waals surface area contributed by atoms with E-state index >= 15 is 0 Å². The molecule has 0 unspecified atom stereocenters. The summed E-state index contributed by atoms with van der Waals surface area (Å²) in [5, 5.41) is 27.4. The van der Waals surface area contributed by atoms with Crippen LogP contribution in [-0.4, -0.2) is 42.3 Å². The highest BCUT2D eigenvalue weighted by molar-refractivity contribution is 5.92. The van der Waals surface area contributed by atoms with Crippen LogP contribution in [0.4, 0.5) is 11.4 Å². The lowest BCUT2D eigenvalue weighted by atomic mass is 10.1. The molecule has 0 fully saturated rings. The number of nitrogens with one attached hydrogen (secondary N) is 2. The summed E-state index contributed by atoms with van der Waals surface area (Å²) >= 11 is 0. The fraction of sp³-hybridized carbons (Fsp3) is 0.348. The minimum absolute atomic E-state index is 0.0188. The number of ether oxygens (including phenoxy) is 2. The van der Waals surface area contributed by atoms with Gasteiger partial charge in [0.05, 0.1) is 42.7 Å². The molecule has 0 saturated heterocycles. The van der Waals surface area contributed by atoms with Gasteiger partial charge in [0.1, 0.15) is 5.75 Å². The number of hydrogen-bond acceptors (Lipinski definition) is 8. The topological polar surface area (TPSA) is 152 Å². The zero-order valence-corrected chi connectivity index (χ0v) is 19.1. The SMILES string of the molecule is COc1cc(/C=N/NC(=O)CCCCCCC(=O)Nc2ccccc2O)c([N+](=O)[O-])cc1OC. The Morgan fingerprint density at radius 1 is 1.03 bits per heavy atom. The molecule has 2 rings (SSSR count). The number of phenols is 1. The first-order chi connectivity index (χ1) is 16.3. The maximum absolute atomic E-state index is 12.0. The lowest BCUT2D eigenvalue weighted by Crippen LogP contribution is -2.17. The van der Waals surface area contributed by atoms with Crippen molar-refractivity contribution in [3.8, 4) is 17.2 Å². The van der Waals surface area contributed by atoms with Gasteiger partial charge in [0.2, 0.25) is 11.8 Å². The summed E-state index contributed by atoms with van der Waals surface area (Å²) in [6, 6.07) is 9.15. The van der Waals surface area contributed by atoms with Crippen molar-refractivity contribution >= 4 is 29.4 Å². The maximum atomic E-state index is 12.0. The van der Waals surface area contributed by atoms with Gasteiger partial charge in [-0.25, -0.2) is 5.43 Å². The molecule has 0 spiro atoms. The number of unbranched alkanes of at least 4 members (excludes halogenated alkanes) is 3. The molecule has 182 valence electrons. The molecule has 34 heavy (non-hydrogen) atoms. The van der Waals surface area contributed by atoms with Gasteiger partial charge in [-0.05, 0) is 31.0 Å². The van der Waals surface area contributed by atoms with Crippen molar-refractivity contribution in [3.05, 3.63) is 52.1 Å². The van der Waals surface area contributed by atoms with E-state index in [4.69, 9.17) is 9.47 Å². The number of nitro benzene ring substituents is 1. The number of methoxy groups -OCH3 is 2. The molecule has 2 amide bonds. The molecule has 0 atom stereocenters. The highest BCUT2D eigenvalue weighted by Gasteiger charge is 2.18. The average molecular weight is 472 g/mol. The average Bonchev–Trinajstić information content (AvgIpc) is 2.82. The fourth-order valence-electron chi connectivity index (χ4n) is 3.09. The minimum atomic E-state index is -0.575. The molecule has 3 N–H and O–H groups in total. The predicted molar refractivity (Wildman–Crippen MR) is 126 cm³/mol. The van der Waals surface area contributed by atoms with E-state index in [1.165, 1.54) is 38.6 Å². The molecular weight excluding hydrogens is 444 g/mol. The van der Waals surface area contributed by atoms with E-state index in [2.05, 4.69) is 15.8 Å². The molecule has 0 aliphatic heterocycles. The van der Waals surface area contributed by atoms with Gasteiger partial charge in [0.25, 0.3) is 5.69 Å². The molecular formula is C23H28N4O7. The Morgan fingerprint density at radius 2 is 1.65 bits per heavy atom. The summed E-state index contributed by atoms with van der Waals surface area (Å²) < 4.78 is 10.2. The van der Waals surface area contributed by atoms with Gasteiger partial charge >= 0.3 is 0 Å². The van der Waals surface area contributed by atoms with E-state index < -0.39 is 4.92 Å². The second kappa shape index (κ2) is 13.4. The smallest absolute Gasteiger partial charge is 0.282 e. The van der Waals surface area contributed by atoms with Gasteiger partial charge in [0.15, 0.2) is 11.5 Å². The first-order valence-corrected chi connectivity index (χ1v) is 10.7. The van der Waals surface area contributed by atoms with Crippen LogP contribution in [0.1, 0.15) is 44.1 Å². The van der Waals surface area contributed by atoms with Crippen LogP contribution < -0.4 is 20.2 Å². The lowest BCUT2D eigenvalue weighted by Gasteiger charge is -2.08. The van der Waals surface area contributed by atoms with E-state index in [0.717, 1.165) is 12.8 Å².